The number of para-hydroxylation sites is 1. The Kier molecular flexibility index (Phi) is 5.37. The number of aryl methyl sites for hydroxylation is 1. The average molecular weight is 428 g/mol. The quantitative estimate of drug-likeness (QED) is 0.527. The molecule has 1 N–H and O–H groups in total. The number of carbonyl (C=O) groups excluding carboxylic acids is 1. The van der Waals surface area contributed by atoms with Gasteiger partial charge < -0.3 is 19.1 Å². The molecule has 32 heavy (non-hydrogen) atoms. The summed E-state index contributed by atoms with van der Waals surface area (Å²) in [5.41, 5.74) is 5.18. The highest BCUT2D eigenvalue weighted by molar-refractivity contribution is 5.97. The van der Waals surface area contributed by atoms with Gasteiger partial charge in [-0.2, -0.15) is 0 Å². The number of aliphatic hydroxyl groups excluding tert-OH is 1. The molecule has 0 saturated carbocycles. The third-order valence-electron chi connectivity index (χ3n) is 5.96. The second-order valence-corrected chi connectivity index (χ2v) is 8.17. The first-order valence-corrected chi connectivity index (χ1v) is 10.8. The topological polar surface area (TPSA) is 67.1 Å². The van der Waals surface area contributed by atoms with E-state index in [0.717, 1.165) is 28.0 Å². The highest BCUT2D eigenvalue weighted by Gasteiger charge is 2.26. The van der Waals surface area contributed by atoms with E-state index >= 15 is 0 Å². The number of aromatic nitrogens is 2. The average Bonchev–Trinajstić information content (AvgIpc) is 3.17. The van der Waals surface area contributed by atoms with Gasteiger partial charge >= 0.3 is 0 Å². The van der Waals surface area contributed by atoms with E-state index in [1.54, 1.807) is 11.0 Å². The Morgan fingerprint density at radius 2 is 1.94 bits per heavy atom. The van der Waals surface area contributed by atoms with Crippen molar-refractivity contribution in [1.29, 1.82) is 0 Å². The number of hydrogen-bond acceptors (Lipinski definition) is 4. The Morgan fingerprint density at radius 3 is 2.81 bits per heavy atom. The lowest BCUT2D eigenvalue weighted by Crippen LogP contribution is -2.31. The Morgan fingerprint density at radius 1 is 1.12 bits per heavy atom. The molecule has 162 valence electrons. The zero-order chi connectivity index (χ0) is 22.1. The van der Waals surface area contributed by atoms with E-state index in [-0.39, 0.29) is 12.5 Å². The first-order valence-electron chi connectivity index (χ1n) is 10.8. The maximum atomic E-state index is 13.4. The molecule has 2 aromatic carbocycles. The minimum atomic E-state index is -0.561. The summed E-state index contributed by atoms with van der Waals surface area (Å²) in [6, 6.07) is 19.1. The van der Waals surface area contributed by atoms with E-state index in [2.05, 4.69) is 4.98 Å². The van der Waals surface area contributed by atoms with Crippen LogP contribution in [0.25, 0.3) is 5.65 Å². The Hall–Kier alpha value is -3.64. The summed E-state index contributed by atoms with van der Waals surface area (Å²) in [7, 11) is 0. The van der Waals surface area contributed by atoms with Gasteiger partial charge in [0.15, 0.2) is 0 Å². The van der Waals surface area contributed by atoms with Crippen molar-refractivity contribution in [3.8, 4) is 5.75 Å². The molecule has 0 saturated heterocycles. The van der Waals surface area contributed by atoms with Crippen LogP contribution in [0.2, 0.25) is 0 Å². The molecule has 3 heterocycles. The highest BCUT2D eigenvalue weighted by Crippen LogP contribution is 2.29. The van der Waals surface area contributed by atoms with Crippen molar-refractivity contribution in [2.75, 3.05) is 6.54 Å². The molecule has 1 aliphatic heterocycles. The van der Waals surface area contributed by atoms with Crippen LogP contribution in [-0.4, -0.2) is 31.8 Å². The van der Waals surface area contributed by atoms with Gasteiger partial charge in [0.1, 0.15) is 18.0 Å². The van der Waals surface area contributed by atoms with Crippen LogP contribution in [0.1, 0.15) is 45.3 Å². The smallest absolute Gasteiger partial charge is 0.257 e. The number of amides is 1. The molecule has 6 nitrogen and oxygen atoms in total. The maximum Gasteiger partial charge on any atom is 0.257 e. The summed E-state index contributed by atoms with van der Waals surface area (Å²) in [5.74, 6) is 0.430. The van der Waals surface area contributed by atoms with Crippen LogP contribution in [-0.2, 0) is 13.2 Å². The van der Waals surface area contributed by atoms with Crippen molar-refractivity contribution < 1.29 is 14.6 Å². The summed E-state index contributed by atoms with van der Waals surface area (Å²) in [4.78, 5) is 19.9. The SMILES string of the molecule is Cc1cccn2cc(COc3ccccc3C(=O)N3CCC(O)c4ccccc4C3)nc12. The Labute approximate surface area is 186 Å². The third-order valence-corrected chi connectivity index (χ3v) is 5.96. The number of hydrogen-bond donors (Lipinski definition) is 1. The number of pyridine rings is 1. The van der Waals surface area contributed by atoms with E-state index < -0.39 is 6.10 Å². The van der Waals surface area contributed by atoms with Gasteiger partial charge in [-0.15, -0.1) is 0 Å². The summed E-state index contributed by atoms with van der Waals surface area (Å²) in [5, 5.41) is 10.5. The lowest BCUT2D eigenvalue weighted by Gasteiger charge is -2.22. The molecular formula is C26H25N3O3. The van der Waals surface area contributed by atoms with E-state index in [0.29, 0.717) is 30.8 Å². The zero-order valence-corrected chi connectivity index (χ0v) is 17.9. The Balaban J connectivity index is 1.37. The molecule has 0 aliphatic carbocycles. The second-order valence-electron chi connectivity index (χ2n) is 8.17. The lowest BCUT2D eigenvalue weighted by atomic mass is 10.0. The number of rotatable bonds is 4. The van der Waals surface area contributed by atoms with Crippen LogP contribution >= 0.6 is 0 Å². The van der Waals surface area contributed by atoms with Gasteiger partial charge in [0.2, 0.25) is 0 Å². The number of carbonyl (C=O) groups is 1. The summed E-state index contributed by atoms with van der Waals surface area (Å²) in [6.45, 7) is 3.24. The normalized spacial score (nSPS) is 15.9. The molecule has 1 amide bonds. The first kappa shape index (κ1) is 20.3. The van der Waals surface area contributed by atoms with Gasteiger partial charge in [0.05, 0.1) is 17.4 Å². The Bertz CT molecular complexity index is 1280. The fourth-order valence-electron chi connectivity index (χ4n) is 4.26. The molecule has 0 bridgehead atoms. The third kappa shape index (κ3) is 3.85. The molecule has 1 atom stereocenters. The molecule has 0 spiro atoms. The van der Waals surface area contributed by atoms with Crippen molar-refractivity contribution >= 4 is 11.6 Å². The zero-order valence-electron chi connectivity index (χ0n) is 17.9. The van der Waals surface area contributed by atoms with Crippen LogP contribution in [0.4, 0.5) is 0 Å². The lowest BCUT2D eigenvalue weighted by molar-refractivity contribution is 0.0718. The largest absolute Gasteiger partial charge is 0.486 e. The molecule has 5 rings (SSSR count). The highest BCUT2D eigenvalue weighted by atomic mass is 16.5. The van der Waals surface area contributed by atoms with Gasteiger partial charge in [0.25, 0.3) is 5.91 Å². The van der Waals surface area contributed by atoms with Crippen molar-refractivity contribution in [2.24, 2.45) is 0 Å². The van der Waals surface area contributed by atoms with Crippen molar-refractivity contribution in [3.05, 3.63) is 101 Å². The minimum Gasteiger partial charge on any atom is -0.486 e. The molecule has 1 unspecified atom stereocenters. The standard InChI is InChI=1S/C26H25N3O3/c1-18-7-6-13-28-16-20(27-25(18)28)17-32-24-11-5-4-10-22(24)26(31)29-14-12-23(30)21-9-3-2-8-19(21)15-29/h2-11,13,16,23,30H,12,14-15,17H2,1H3. The molecule has 1 aliphatic rings. The number of aliphatic hydroxyl groups is 1. The summed E-state index contributed by atoms with van der Waals surface area (Å²) >= 11 is 0. The summed E-state index contributed by atoms with van der Waals surface area (Å²) < 4.78 is 8.03. The maximum absolute atomic E-state index is 13.4. The van der Waals surface area contributed by atoms with E-state index in [1.165, 1.54) is 0 Å². The number of fused-ring (bicyclic) bond motifs is 2. The summed E-state index contributed by atoms with van der Waals surface area (Å²) in [6.07, 6.45) is 3.85. The fourth-order valence-corrected chi connectivity index (χ4v) is 4.26. The molecule has 0 fully saturated rings. The van der Waals surface area contributed by atoms with Crippen molar-refractivity contribution in [3.63, 3.8) is 0 Å². The second kappa shape index (κ2) is 8.48. The predicted molar refractivity (Wildman–Crippen MR) is 121 cm³/mol. The van der Waals surface area contributed by atoms with Gasteiger partial charge in [0, 0.05) is 25.5 Å². The van der Waals surface area contributed by atoms with Gasteiger partial charge in [-0.25, -0.2) is 4.98 Å². The fraction of sp³-hybridized carbons (Fsp3) is 0.231. The van der Waals surface area contributed by atoms with E-state index in [1.807, 2.05) is 78.3 Å². The van der Waals surface area contributed by atoms with Crippen LogP contribution in [0, 0.1) is 6.92 Å². The van der Waals surface area contributed by atoms with E-state index in [4.69, 9.17) is 4.74 Å². The minimum absolute atomic E-state index is 0.102. The molecule has 0 radical (unpaired) electrons. The van der Waals surface area contributed by atoms with Gasteiger partial charge in [-0.1, -0.05) is 42.5 Å². The molecule has 2 aromatic heterocycles. The number of imidazole rings is 1. The van der Waals surface area contributed by atoms with Crippen LogP contribution in [0.15, 0.2) is 73.1 Å². The molecular weight excluding hydrogens is 402 g/mol. The van der Waals surface area contributed by atoms with E-state index in [9.17, 15) is 9.90 Å². The van der Waals surface area contributed by atoms with Crippen LogP contribution in [0.5, 0.6) is 5.75 Å². The van der Waals surface area contributed by atoms with Gasteiger partial charge in [-0.05, 0) is 48.2 Å². The van der Waals surface area contributed by atoms with Gasteiger partial charge in [-0.3, -0.25) is 4.79 Å². The van der Waals surface area contributed by atoms with Crippen LogP contribution < -0.4 is 4.74 Å². The molecule has 6 heteroatoms. The number of nitrogens with zero attached hydrogens (tertiary/aromatic N) is 3. The first-order chi connectivity index (χ1) is 15.6. The van der Waals surface area contributed by atoms with Crippen LogP contribution in [0.3, 0.4) is 0 Å². The van der Waals surface area contributed by atoms with Crippen molar-refractivity contribution in [2.45, 2.75) is 32.6 Å². The monoisotopic (exact) mass is 427 g/mol. The number of benzene rings is 2. The molecule has 4 aromatic rings. The predicted octanol–water partition coefficient (Wildman–Crippen LogP) is 4.30. The number of ether oxygens (including phenoxy) is 1. The van der Waals surface area contributed by atoms with Crippen molar-refractivity contribution in [1.82, 2.24) is 14.3 Å².